The van der Waals surface area contributed by atoms with Crippen LogP contribution in [0, 0.1) is 6.57 Å². The number of furan rings is 2. The monoisotopic (exact) mass is 689 g/mol. The van der Waals surface area contributed by atoms with Crippen molar-refractivity contribution in [1.82, 2.24) is 9.13 Å². The van der Waals surface area contributed by atoms with Crippen molar-refractivity contribution in [3.63, 3.8) is 0 Å². The van der Waals surface area contributed by atoms with Gasteiger partial charge in [-0.25, -0.2) is 4.85 Å². The van der Waals surface area contributed by atoms with Crippen molar-refractivity contribution in [2.24, 2.45) is 0 Å². The van der Waals surface area contributed by atoms with Crippen molar-refractivity contribution >= 4 is 93.2 Å². The first kappa shape index (κ1) is 29.1. The quantitative estimate of drug-likeness (QED) is 0.173. The van der Waals surface area contributed by atoms with Crippen molar-refractivity contribution in [3.8, 4) is 22.5 Å². The Kier molecular flexibility index (Phi) is 5.78. The molecule has 5 heteroatoms. The summed E-state index contributed by atoms with van der Waals surface area (Å²) in [6.45, 7) is 7.77. The number of aromatic nitrogens is 2. The van der Waals surface area contributed by atoms with E-state index in [1.54, 1.807) is 0 Å². The van der Waals surface area contributed by atoms with Crippen LogP contribution in [0.2, 0.25) is 0 Å². The third kappa shape index (κ3) is 3.86. The second kappa shape index (κ2) is 10.7. The third-order valence-electron chi connectivity index (χ3n) is 11.1. The van der Waals surface area contributed by atoms with Gasteiger partial charge in [0.05, 0.1) is 34.3 Å². The zero-order chi connectivity index (χ0) is 35.5. The Hall–Kier alpha value is -7.55. The van der Waals surface area contributed by atoms with E-state index >= 15 is 0 Å². The summed E-state index contributed by atoms with van der Waals surface area (Å²) in [5, 5.41) is 8.74. The molecule has 4 aromatic heterocycles. The van der Waals surface area contributed by atoms with Crippen LogP contribution in [0.3, 0.4) is 0 Å². The molecule has 0 spiro atoms. The molecule has 12 rings (SSSR count). The summed E-state index contributed by atoms with van der Waals surface area (Å²) >= 11 is 0. The smallest absolute Gasteiger partial charge is 0.188 e. The molecule has 0 N–H and O–H groups in total. The topological polar surface area (TPSA) is 40.5 Å². The highest BCUT2D eigenvalue weighted by Gasteiger charge is 2.23. The Labute approximate surface area is 307 Å². The number of benzene rings is 8. The fraction of sp³-hybridized carbons (Fsp3) is 0. The summed E-state index contributed by atoms with van der Waals surface area (Å²) in [4.78, 5) is 3.78. The summed E-state index contributed by atoms with van der Waals surface area (Å²) in [6.07, 6.45) is 0. The van der Waals surface area contributed by atoms with E-state index in [2.05, 4.69) is 154 Å². The highest BCUT2D eigenvalue weighted by atomic mass is 16.3. The lowest BCUT2D eigenvalue weighted by Crippen LogP contribution is -1.99. The lowest BCUT2D eigenvalue weighted by atomic mass is 10.00. The largest absolute Gasteiger partial charge is 0.455 e. The summed E-state index contributed by atoms with van der Waals surface area (Å²) < 4.78 is 18.4. The standard InChI is InChI=1S/C49H27N3O2/c1-50-29-24-25-44-39(26-29)33-14-4-8-22-43(33)52(44)45-28-30(51-41-20-6-2-12-31(41)32-13-3-7-21-42(32)51)27-40-38-19-11-18-37(48(38)54-49(40)45)36-17-10-16-35-34-15-5-9-23-46(34)53-47(35)36/h2-28H. The fourth-order valence-corrected chi connectivity index (χ4v) is 8.82. The van der Waals surface area contributed by atoms with E-state index in [-0.39, 0.29) is 0 Å². The zero-order valence-corrected chi connectivity index (χ0v) is 28.7. The maximum absolute atomic E-state index is 7.77. The molecule has 12 aromatic rings. The van der Waals surface area contributed by atoms with Crippen LogP contribution in [-0.2, 0) is 0 Å². The molecule has 0 fully saturated rings. The molecule has 0 saturated carbocycles. The van der Waals surface area contributed by atoms with Gasteiger partial charge < -0.3 is 18.0 Å². The molecule has 0 aliphatic heterocycles. The first-order valence-electron chi connectivity index (χ1n) is 18.0. The molecule has 0 aliphatic rings. The Morgan fingerprint density at radius 1 is 0.389 bits per heavy atom. The molecule has 0 unspecified atom stereocenters. The van der Waals surface area contributed by atoms with E-state index < -0.39 is 0 Å². The number of rotatable bonds is 3. The van der Waals surface area contributed by atoms with Crippen molar-refractivity contribution in [3.05, 3.63) is 175 Å². The molecular formula is C49H27N3O2. The second-order valence-electron chi connectivity index (χ2n) is 13.9. The first-order chi connectivity index (χ1) is 26.7. The van der Waals surface area contributed by atoms with E-state index in [1.165, 1.54) is 10.8 Å². The van der Waals surface area contributed by atoms with Crippen molar-refractivity contribution in [2.75, 3.05) is 0 Å². The fourth-order valence-electron chi connectivity index (χ4n) is 8.82. The lowest BCUT2D eigenvalue weighted by Gasteiger charge is -2.14. The van der Waals surface area contributed by atoms with Crippen LogP contribution in [0.5, 0.6) is 0 Å². The van der Waals surface area contributed by atoms with Crippen LogP contribution in [-0.4, -0.2) is 9.13 Å². The molecule has 250 valence electrons. The van der Waals surface area contributed by atoms with Crippen LogP contribution in [0.15, 0.2) is 173 Å². The van der Waals surface area contributed by atoms with E-state index in [1.807, 2.05) is 24.3 Å². The van der Waals surface area contributed by atoms with Gasteiger partial charge in [-0.3, -0.25) is 0 Å². The molecule has 8 aromatic carbocycles. The molecule has 0 aliphatic carbocycles. The van der Waals surface area contributed by atoms with Gasteiger partial charge in [-0.15, -0.1) is 0 Å². The Bertz CT molecular complexity index is 3530. The number of nitrogens with zero attached hydrogens (tertiary/aromatic N) is 3. The van der Waals surface area contributed by atoms with Crippen molar-refractivity contribution in [2.45, 2.75) is 0 Å². The lowest BCUT2D eigenvalue weighted by molar-refractivity contribution is 0.663. The van der Waals surface area contributed by atoms with Gasteiger partial charge in [0.25, 0.3) is 0 Å². The average molecular weight is 690 g/mol. The molecule has 0 radical (unpaired) electrons. The SMILES string of the molecule is [C-]#[N+]c1ccc2c(c1)c1ccccc1n2-c1cc(-n2c3ccccc3c3ccccc32)cc2c1oc1c(-c3cccc4c3oc3ccccc34)cccc12. The maximum Gasteiger partial charge on any atom is 0.188 e. The first-order valence-corrected chi connectivity index (χ1v) is 18.0. The molecule has 0 atom stereocenters. The summed E-state index contributed by atoms with van der Waals surface area (Å²) in [7, 11) is 0. The molecule has 5 nitrogen and oxygen atoms in total. The van der Waals surface area contributed by atoms with Gasteiger partial charge in [0, 0.05) is 54.5 Å². The second-order valence-corrected chi connectivity index (χ2v) is 13.9. The number of fused-ring (bicyclic) bond motifs is 12. The Morgan fingerprint density at radius 2 is 0.926 bits per heavy atom. The maximum atomic E-state index is 7.77. The molecule has 4 heterocycles. The normalized spacial score (nSPS) is 12.1. The van der Waals surface area contributed by atoms with Gasteiger partial charge in [-0.05, 0) is 53.9 Å². The van der Waals surface area contributed by atoms with Gasteiger partial charge in [-0.1, -0.05) is 115 Å². The summed E-state index contributed by atoms with van der Waals surface area (Å²) in [5.74, 6) is 0. The van der Waals surface area contributed by atoms with E-state index in [0.29, 0.717) is 5.69 Å². The number of hydrogen-bond acceptors (Lipinski definition) is 2. The van der Waals surface area contributed by atoms with Crippen LogP contribution < -0.4 is 0 Å². The average Bonchev–Trinajstić information content (AvgIpc) is 3.98. The van der Waals surface area contributed by atoms with E-state index in [4.69, 9.17) is 15.4 Å². The van der Waals surface area contributed by atoms with Gasteiger partial charge in [0.2, 0.25) is 0 Å². The minimum Gasteiger partial charge on any atom is -0.455 e. The van der Waals surface area contributed by atoms with Gasteiger partial charge in [0.1, 0.15) is 16.7 Å². The van der Waals surface area contributed by atoms with Crippen molar-refractivity contribution in [1.29, 1.82) is 0 Å². The molecule has 0 bridgehead atoms. The highest BCUT2D eigenvalue weighted by Crippen LogP contribution is 2.45. The predicted octanol–water partition coefficient (Wildman–Crippen LogP) is 13.9. The van der Waals surface area contributed by atoms with Gasteiger partial charge in [0.15, 0.2) is 11.3 Å². The van der Waals surface area contributed by atoms with Crippen LogP contribution in [0.25, 0.3) is 115 Å². The van der Waals surface area contributed by atoms with Gasteiger partial charge >= 0.3 is 0 Å². The predicted molar refractivity (Wildman–Crippen MR) is 221 cm³/mol. The highest BCUT2D eigenvalue weighted by molar-refractivity contribution is 6.18. The Balaban J connectivity index is 1.24. The molecule has 54 heavy (non-hydrogen) atoms. The minimum absolute atomic E-state index is 0.614. The van der Waals surface area contributed by atoms with Crippen LogP contribution in [0.1, 0.15) is 0 Å². The number of para-hydroxylation sites is 6. The summed E-state index contributed by atoms with van der Waals surface area (Å²) in [6, 6.07) is 57.1. The van der Waals surface area contributed by atoms with Crippen LogP contribution in [0.4, 0.5) is 5.69 Å². The van der Waals surface area contributed by atoms with Crippen LogP contribution >= 0.6 is 0 Å². The minimum atomic E-state index is 0.614. The number of hydrogen-bond donors (Lipinski definition) is 0. The molecule has 0 saturated heterocycles. The summed E-state index contributed by atoms with van der Waals surface area (Å²) in [5.41, 5.74) is 12.2. The van der Waals surface area contributed by atoms with E-state index in [0.717, 1.165) is 99.2 Å². The van der Waals surface area contributed by atoms with Gasteiger partial charge in [-0.2, -0.15) is 0 Å². The zero-order valence-electron chi connectivity index (χ0n) is 28.7. The van der Waals surface area contributed by atoms with Crippen molar-refractivity contribution < 1.29 is 8.83 Å². The van der Waals surface area contributed by atoms with E-state index in [9.17, 15) is 0 Å². The third-order valence-corrected chi connectivity index (χ3v) is 11.1. The molecular weight excluding hydrogens is 663 g/mol. The Morgan fingerprint density at radius 3 is 1.61 bits per heavy atom. The molecule has 0 amide bonds.